The molecule has 236 valence electrons. The number of methoxy groups -OCH3 is 1. The Morgan fingerprint density at radius 1 is 1.09 bits per heavy atom. The van der Waals surface area contributed by atoms with Gasteiger partial charge >= 0.3 is 17.9 Å². The summed E-state index contributed by atoms with van der Waals surface area (Å²) >= 11 is 0. The Balaban J connectivity index is 1.39. The van der Waals surface area contributed by atoms with Crippen molar-refractivity contribution in [2.75, 3.05) is 13.7 Å². The summed E-state index contributed by atoms with van der Waals surface area (Å²) in [5.41, 5.74) is -0.852. The first-order chi connectivity index (χ1) is 21.0. The summed E-state index contributed by atoms with van der Waals surface area (Å²) < 4.78 is 33.2. The zero-order valence-electron chi connectivity index (χ0n) is 23.6. The van der Waals surface area contributed by atoms with Gasteiger partial charge in [0, 0.05) is 12.0 Å². The molecule has 5 N–H and O–H groups in total. The predicted octanol–water partition coefficient (Wildman–Crippen LogP) is -0.409. The van der Waals surface area contributed by atoms with Crippen LogP contribution in [-0.2, 0) is 42.8 Å². The van der Waals surface area contributed by atoms with Crippen molar-refractivity contribution < 1.29 is 68.3 Å². The lowest BCUT2D eigenvalue weighted by atomic mass is 9.78. The third-order valence-electron chi connectivity index (χ3n) is 7.91. The summed E-state index contributed by atoms with van der Waals surface area (Å²) in [5, 5.41) is 49.8. The smallest absolute Gasteiger partial charge is 0.338 e. The van der Waals surface area contributed by atoms with E-state index in [2.05, 4.69) is 0 Å². The van der Waals surface area contributed by atoms with Gasteiger partial charge in [0.05, 0.1) is 37.0 Å². The number of hydrogen-bond acceptors (Lipinski definition) is 14. The molecule has 44 heavy (non-hydrogen) atoms. The van der Waals surface area contributed by atoms with Gasteiger partial charge in [-0.3, -0.25) is 0 Å². The Hall–Kier alpha value is -4.05. The van der Waals surface area contributed by atoms with E-state index in [1.54, 1.807) is 18.2 Å². The molecule has 0 aromatic heterocycles. The van der Waals surface area contributed by atoms with Crippen LogP contribution in [0.25, 0.3) is 6.08 Å². The fourth-order valence-corrected chi connectivity index (χ4v) is 5.59. The first-order valence-electron chi connectivity index (χ1n) is 13.7. The molecule has 5 rings (SSSR count). The van der Waals surface area contributed by atoms with Gasteiger partial charge in [0.15, 0.2) is 11.9 Å². The van der Waals surface area contributed by atoms with E-state index in [-0.39, 0.29) is 16.9 Å². The number of esters is 3. The van der Waals surface area contributed by atoms with E-state index in [0.29, 0.717) is 5.56 Å². The van der Waals surface area contributed by atoms with Gasteiger partial charge in [-0.1, -0.05) is 18.2 Å². The van der Waals surface area contributed by atoms with Crippen molar-refractivity contribution in [2.24, 2.45) is 11.8 Å². The van der Waals surface area contributed by atoms with Gasteiger partial charge in [0.2, 0.25) is 6.29 Å². The first kappa shape index (κ1) is 31.4. The number of carbonyl (C=O) groups excluding carboxylic acids is 3. The first-order valence-corrected chi connectivity index (χ1v) is 13.7. The minimum absolute atomic E-state index is 0.00226. The van der Waals surface area contributed by atoms with Crippen LogP contribution in [0.5, 0.6) is 5.75 Å². The summed E-state index contributed by atoms with van der Waals surface area (Å²) in [6.45, 7) is 0.790. The summed E-state index contributed by atoms with van der Waals surface area (Å²) in [6, 6.07) is 6.11. The van der Waals surface area contributed by atoms with Crippen molar-refractivity contribution in [1.82, 2.24) is 0 Å². The molecule has 1 fully saturated rings. The quantitative estimate of drug-likeness (QED) is 0.109. The SMILES string of the molecule is COC(=O)C1=COC(OC2OC(CO)C(O)C(O)C2O)C2C1C=C[C@@]21C=C(C(C)OC(=O)C=Cc2ccc(O)cc2)C(=O)O1. The number of fused-ring (bicyclic) bond motifs is 2. The second-order valence-corrected chi connectivity index (χ2v) is 10.7. The molecule has 1 spiro atoms. The molecule has 0 amide bonds. The lowest BCUT2D eigenvalue weighted by Crippen LogP contribution is -2.60. The van der Waals surface area contributed by atoms with E-state index in [4.69, 9.17) is 28.4 Å². The number of benzene rings is 1. The van der Waals surface area contributed by atoms with Gasteiger partial charge < -0.3 is 54.0 Å². The summed E-state index contributed by atoms with van der Waals surface area (Å²) in [4.78, 5) is 38.2. The third kappa shape index (κ3) is 5.87. The summed E-state index contributed by atoms with van der Waals surface area (Å²) in [5.74, 6) is -3.97. The molecule has 3 aliphatic heterocycles. The Kier molecular flexibility index (Phi) is 8.92. The van der Waals surface area contributed by atoms with Crippen LogP contribution >= 0.6 is 0 Å². The van der Waals surface area contributed by atoms with E-state index >= 15 is 0 Å². The number of phenols is 1. The minimum atomic E-state index is -1.75. The number of hydrogen-bond donors (Lipinski definition) is 5. The van der Waals surface area contributed by atoms with Crippen LogP contribution in [-0.4, -0.2) is 106 Å². The second kappa shape index (κ2) is 12.5. The van der Waals surface area contributed by atoms with Crippen molar-refractivity contribution in [2.45, 2.75) is 55.6 Å². The van der Waals surface area contributed by atoms with Gasteiger partial charge in [-0.2, -0.15) is 0 Å². The highest BCUT2D eigenvalue weighted by Gasteiger charge is 2.60. The highest BCUT2D eigenvalue weighted by molar-refractivity contribution is 5.95. The predicted molar refractivity (Wildman–Crippen MR) is 146 cm³/mol. The molecule has 14 heteroatoms. The number of aromatic hydroxyl groups is 1. The van der Waals surface area contributed by atoms with Crippen molar-refractivity contribution in [1.29, 1.82) is 0 Å². The van der Waals surface area contributed by atoms with Crippen LogP contribution < -0.4 is 0 Å². The number of aliphatic hydroxyl groups is 4. The minimum Gasteiger partial charge on any atom is -0.508 e. The highest BCUT2D eigenvalue weighted by Crippen LogP contribution is 2.51. The molecule has 10 atom stereocenters. The van der Waals surface area contributed by atoms with Crippen LogP contribution in [0, 0.1) is 11.8 Å². The van der Waals surface area contributed by atoms with E-state index in [0.717, 1.165) is 12.3 Å². The van der Waals surface area contributed by atoms with Crippen LogP contribution in [0.1, 0.15) is 12.5 Å². The van der Waals surface area contributed by atoms with Crippen molar-refractivity contribution in [3.05, 3.63) is 71.5 Å². The maximum Gasteiger partial charge on any atom is 0.338 e. The van der Waals surface area contributed by atoms with E-state index < -0.39 is 85.1 Å². The molecule has 3 heterocycles. The number of rotatable bonds is 8. The van der Waals surface area contributed by atoms with Crippen LogP contribution in [0.2, 0.25) is 0 Å². The molecule has 4 aliphatic rings. The number of allylic oxidation sites excluding steroid dienone is 1. The number of ether oxygens (including phenoxy) is 6. The number of aliphatic hydroxyl groups excluding tert-OH is 4. The maximum atomic E-state index is 13.1. The fraction of sp³-hybridized carbons (Fsp3) is 0.433. The van der Waals surface area contributed by atoms with Gasteiger partial charge in [0.1, 0.15) is 36.3 Å². The number of carbonyl (C=O) groups is 3. The third-order valence-corrected chi connectivity index (χ3v) is 7.91. The zero-order chi connectivity index (χ0) is 31.8. The molecule has 1 saturated heterocycles. The Morgan fingerprint density at radius 3 is 2.50 bits per heavy atom. The summed E-state index contributed by atoms with van der Waals surface area (Å²) in [6.07, 6.45) is -2.06. The molecule has 9 unspecified atom stereocenters. The van der Waals surface area contributed by atoms with Crippen molar-refractivity contribution in [3.8, 4) is 5.75 Å². The molecule has 1 aliphatic carbocycles. The highest BCUT2D eigenvalue weighted by atomic mass is 16.8. The molecule has 14 nitrogen and oxygen atoms in total. The molecule has 0 bridgehead atoms. The fourth-order valence-electron chi connectivity index (χ4n) is 5.59. The van der Waals surface area contributed by atoms with Gasteiger partial charge in [-0.15, -0.1) is 0 Å². The molecule has 1 aromatic carbocycles. The van der Waals surface area contributed by atoms with E-state index in [9.17, 15) is 39.9 Å². The van der Waals surface area contributed by atoms with Gasteiger partial charge in [0.25, 0.3) is 0 Å². The number of phenolic OH excluding ortho intramolecular Hbond substituents is 1. The van der Waals surface area contributed by atoms with Gasteiger partial charge in [-0.05, 0) is 42.8 Å². The average Bonchev–Trinajstić information content (AvgIpc) is 3.56. The molecular formula is C30H32O14. The van der Waals surface area contributed by atoms with Crippen LogP contribution in [0.15, 0.2) is 66.0 Å². The summed E-state index contributed by atoms with van der Waals surface area (Å²) in [7, 11) is 1.18. The lowest BCUT2D eigenvalue weighted by Gasteiger charge is -2.44. The van der Waals surface area contributed by atoms with Crippen LogP contribution in [0.4, 0.5) is 0 Å². The monoisotopic (exact) mass is 616 g/mol. The van der Waals surface area contributed by atoms with Crippen molar-refractivity contribution in [3.63, 3.8) is 0 Å². The van der Waals surface area contributed by atoms with Crippen LogP contribution in [0.3, 0.4) is 0 Å². The molecule has 0 saturated carbocycles. The van der Waals surface area contributed by atoms with E-state index in [1.807, 2.05) is 0 Å². The Labute approximate surface area is 251 Å². The molecule has 0 radical (unpaired) electrons. The lowest BCUT2D eigenvalue weighted by molar-refractivity contribution is -0.344. The van der Waals surface area contributed by atoms with E-state index in [1.165, 1.54) is 44.4 Å². The Bertz CT molecular complexity index is 1390. The standard InChI is InChI=1S/C30H32O14/c1-14(41-21(33)8-5-15-3-6-16(32)7-4-15)18-11-30(44-27(18)38)10-9-17-19(26(37)39-2)13-40-28(22(17)30)43-29-25(36)24(35)23(34)20(12-31)42-29/h3-11,13-14,17,20,22-25,28-29,31-32,34-36H,12H2,1-2H3/t14?,17?,20?,22?,23?,24?,25?,28?,29?,30-/m1/s1. The average molecular weight is 617 g/mol. The Morgan fingerprint density at radius 2 is 1.82 bits per heavy atom. The molecule has 1 aromatic rings. The topological polar surface area (TPSA) is 208 Å². The van der Waals surface area contributed by atoms with Gasteiger partial charge in [-0.25, -0.2) is 14.4 Å². The largest absolute Gasteiger partial charge is 0.508 e. The zero-order valence-corrected chi connectivity index (χ0v) is 23.6. The van der Waals surface area contributed by atoms with Crippen molar-refractivity contribution >= 4 is 24.0 Å². The normalized spacial score (nSPS) is 35.0. The maximum absolute atomic E-state index is 13.1. The molecular weight excluding hydrogens is 584 g/mol. The second-order valence-electron chi connectivity index (χ2n) is 10.7.